The summed E-state index contributed by atoms with van der Waals surface area (Å²) in [6.07, 6.45) is -0.832. The molecule has 2 atom stereocenters. The van der Waals surface area contributed by atoms with Crippen molar-refractivity contribution in [1.82, 2.24) is 20.1 Å². The van der Waals surface area contributed by atoms with Gasteiger partial charge in [-0.3, -0.25) is 14.5 Å². The Morgan fingerprint density at radius 2 is 1.83 bits per heavy atom. The highest BCUT2D eigenvalue weighted by molar-refractivity contribution is 5.98. The van der Waals surface area contributed by atoms with E-state index in [1.165, 1.54) is 12.1 Å². The minimum atomic E-state index is -4.41. The Bertz CT molecular complexity index is 1410. The van der Waals surface area contributed by atoms with Crippen LogP contribution < -0.4 is 10.2 Å². The summed E-state index contributed by atoms with van der Waals surface area (Å²) < 4.78 is 41.1. The summed E-state index contributed by atoms with van der Waals surface area (Å²) >= 11 is 0. The van der Waals surface area contributed by atoms with Crippen molar-refractivity contribution in [2.45, 2.75) is 32.1 Å². The van der Waals surface area contributed by atoms with Crippen LogP contribution in [0.3, 0.4) is 0 Å². The third-order valence-electron chi connectivity index (χ3n) is 6.42. The number of rotatable bonds is 4. The first-order chi connectivity index (χ1) is 17.1. The van der Waals surface area contributed by atoms with Crippen molar-refractivity contribution < 1.29 is 18.0 Å². The Morgan fingerprint density at radius 1 is 1.08 bits per heavy atom. The summed E-state index contributed by atoms with van der Waals surface area (Å²) in [6.45, 7) is 3.85. The quantitative estimate of drug-likeness (QED) is 0.369. The second-order valence-corrected chi connectivity index (χ2v) is 8.88. The maximum absolute atomic E-state index is 13.1. The van der Waals surface area contributed by atoms with Gasteiger partial charge in [0.25, 0.3) is 5.91 Å². The number of aromatic nitrogens is 3. The molecule has 1 aliphatic rings. The minimum Gasteiger partial charge on any atom is -0.344 e. The third-order valence-corrected chi connectivity index (χ3v) is 6.42. The molecule has 9 heteroatoms. The van der Waals surface area contributed by atoms with Crippen LogP contribution in [0.2, 0.25) is 0 Å². The molecule has 1 aliphatic heterocycles. The maximum atomic E-state index is 13.1. The second-order valence-electron chi connectivity index (χ2n) is 8.88. The highest BCUT2D eigenvalue weighted by atomic mass is 19.4. The molecule has 2 aromatic heterocycles. The molecule has 1 amide bonds. The molecule has 1 N–H and O–H groups in total. The predicted molar refractivity (Wildman–Crippen MR) is 131 cm³/mol. The van der Waals surface area contributed by atoms with Gasteiger partial charge in [-0.25, -0.2) is 0 Å². The fraction of sp³-hybridized carbons (Fsp3) is 0.222. The zero-order valence-electron chi connectivity index (χ0n) is 19.9. The van der Waals surface area contributed by atoms with Gasteiger partial charge in [0.1, 0.15) is 0 Å². The Hall–Kier alpha value is -4.14. The molecule has 2 aromatic carbocycles. The zero-order valence-corrected chi connectivity index (χ0v) is 19.9. The van der Waals surface area contributed by atoms with Crippen molar-refractivity contribution in [1.29, 1.82) is 0 Å². The normalized spacial score (nSPS) is 15.7. The lowest BCUT2D eigenvalue weighted by Gasteiger charge is -2.36. The van der Waals surface area contributed by atoms with Gasteiger partial charge >= 0.3 is 6.18 Å². The van der Waals surface area contributed by atoms with Gasteiger partial charge in [-0.15, -0.1) is 0 Å². The number of hydrogen-bond acceptors (Lipinski definition) is 4. The van der Waals surface area contributed by atoms with E-state index >= 15 is 0 Å². The Labute approximate surface area is 206 Å². The minimum absolute atomic E-state index is 0.179. The molecule has 0 spiro atoms. The number of halogens is 3. The van der Waals surface area contributed by atoms with Crippen molar-refractivity contribution in [2.24, 2.45) is 7.05 Å². The standard InChI is InChI=1S/C27H24F3N5O/c1-16(23-6-4-5-13-31-23)32-26(36)18-7-12-24-21(14-18)25-22(15-34(3)33-25)17(2)35(24)20-10-8-19(9-11-20)27(28,29)30/h4-17H,1-3H3,(H,32,36)/t16-,17+/m0/s1. The smallest absolute Gasteiger partial charge is 0.344 e. The topological polar surface area (TPSA) is 63.1 Å². The number of aryl methyl sites for hydroxylation is 1. The monoisotopic (exact) mass is 491 g/mol. The molecule has 0 saturated heterocycles. The van der Waals surface area contributed by atoms with Crippen LogP contribution in [-0.4, -0.2) is 20.7 Å². The number of benzene rings is 2. The molecule has 0 unspecified atom stereocenters. The average molecular weight is 492 g/mol. The number of nitrogens with one attached hydrogen (secondary N) is 1. The summed E-state index contributed by atoms with van der Waals surface area (Å²) in [5.41, 5.74) is 4.29. The first-order valence-electron chi connectivity index (χ1n) is 11.5. The molecule has 0 bridgehead atoms. The molecule has 4 aromatic rings. The van der Waals surface area contributed by atoms with Gasteiger partial charge < -0.3 is 10.2 Å². The number of alkyl halides is 3. The lowest BCUT2D eigenvalue weighted by atomic mass is 9.92. The molecule has 0 fully saturated rings. The molecular weight excluding hydrogens is 467 g/mol. The van der Waals surface area contributed by atoms with Crippen LogP contribution in [-0.2, 0) is 13.2 Å². The van der Waals surface area contributed by atoms with Crippen LogP contribution in [0, 0.1) is 0 Å². The van der Waals surface area contributed by atoms with Crippen molar-refractivity contribution in [2.75, 3.05) is 4.90 Å². The Balaban J connectivity index is 1.53. The SMILES string of the molecule is C[C@H](NC(=O)c1ccc2c(c1)-c1nn(C)cc1[C@@H](C)N2c1ccc(C(F)(F)F)cc1)c1ccccn1. The zero-order chi connectivity index (χ0) is 25.6. The van der Waals surface area contributed by atoms with Crippen LogP contribution in [0.25, 0.3) is 11.3 Å². The van der Waals surface area contributed by atoms with Gasteiger partial charge in [-0.05, 0) is 68.4 Å². The van der Waals surface area contributed by atoms with E-state index in [0.29, 0.717) is 11.3 Å². The number of pyridine rings is 1. The van der Waals surface area contributed by atoms with Crippen molar-refractivity contribution in [3.8, 4) is 11.3 Å². The van der Waals surface area contributed by atoms with Crippen LogP contribution in [0.4, 0.5) is 24.5 Å². The second kappa shape index (κ2) is 8.82. The van der Waals surface area contributed by atoms with Crippen molar-refractivity contribution >= 4 is 17.3 Å². The lowest BCUT2D eigenvalue weighted by Crippen LogP contribution is -2.28. The fourth-order valence-corrected chi connectivity index (χ4v) is 4.61. The summed E-state index contributed by atoms with van der Waals surface area (Å²) in [4.78, 5) is 19.4. The third kappa shape index (κ3) is 4.21. The van der Waals surface area contributed by atoms with Gasteiger partial charge in [0, 0.05) is 41.8 Å². The Kier molecular flexibility index (Phi) is 5.78. The van der Waals surface area contributed by atoms with Crippen molar-refractivity contribution in [3.05, 3.63) is 95.4 Å². The van der Waals surface area contributed by atoms with Gasteiger partial charge in [-0.1, -0.05) is 6.07 Å². The number of hydrogen-bond donors (Lipinski definition) is 1. The molecule has 0 saturated carbocycles. The van der Waals surface area contributed by atoms with E-state index in [1.54, 1.807) is 23.0 Å². The highest BCUT2D eigenvalue weighted by Crippen LogP contribution is 2.48. The van der Waals surface area contributed by atoms with Gasteiger partial charge in [0.2, 0.25) is 0 Å². The first kappa shape index (κ1) is 23.6. The van der Waals surface area contributed by atoms with E-state index in [1.807, 2.05) is 56.3 Å². The van der Waals surface area contributed by atoms with Crippen molar-refractivity contribution in [3.63, 3.8) is 0 Å². The molecule has 3 heterocycles. The number of carbonyl (C=O) groups is 1. The molecule has 184 valence electrons. The number of amides is 1. The number of nitrogens with zero attached hydrogens (tertiary/aromatic N) is 4. The van der Waals surface area contributed by atoms with E-state index in [9.17, 15) is 18.0 Å². The molecule has 6 nitrogen and oxygen atoms in total. The van der Waals surface area contributed by atoms with Crippen LogP contribution in [0.15, 0.2) is 73.1 Å². The number of anilines is 2. The summed E-state index contributed by atoms with van der Waals surface area (Å²) in [5.74, 6) is -0.256. The van der Waals surface area contributed by atoms with E-state index in [4.69, 9.17) is 0 Å². The average Bonchev–Trinajstić information content (AvgIpc) is 3.26. The highest BCUT2D eigenvalue weighted by Gasteiger charge is 2.34. The van der Waals surface area contributed by atoms with Gasteiger partial charge in [-0.2, -0.15) is 18.3 Å². The van der Waals surface area contributed by atoms with Crippen LogP contribution >= 0.6 is 0 Å². The van der Waals surface area contributed by atoms with Gasteiger partial charge in [0.15, 0.2) is 0 Å². The van der Waals surface area contributed by atoms with E-state index < -0.39 is 11.7 Å². The summed E-state index contributed by atoms with van der Waals surface area (Å²) in [6, 6.07) is 15.5. The summed E-state index contributed by atoms with van der Waals surface area (Å²) in [5, 5.41) is 7.60. The summed E-state index contributed by atoms with van der Waals surface area (Å²) in [7, 11) is 1.82. The number of carbonyl (C=O) groups excluding carboxylic acids is 1. The predicted octanol–water partition coefficient (Wildman–Crippen LogP) is 6.20. The molecule has 36 heavy (non-hydrogen) atoms. The molecule has 0 radical (unpaired) electrons. The van der Waals surface area contributed by atoms with E-state index in [0.717, 1.165) is 40.3 Å². The lowest BCUT2D eigenvalue weighted by molar-refractivity contribution is -0.137. The Morgan fingerprint density at radius 3 is 2.50 bits per heavy atom. The van der Waals surface area contributed by atoms with E-state index in [2.05, 4.69) is 15.4 Å². The van der Waals surface area contributed by atoms with Crippen LogP contribution in [0.1, 0.15) is 53.1 Å². The number of fused-ring (bicyclic) bond motifs is 3. The maximum Gasteiger partial charge on any atom is 0.416 e. The van der Waals surface area contributed by atoms with Gasteiger partial charge in [0.05, 0.1) is 34.7 Å². The molecular formula is C27H24F3N5O. The largest absolute Gasteiger partial charge is 0.416 e. The molecule has 5 rings (SSSR count). The van der Waals surface area contributed by atoms with Crippen LogP contribution in [0.5, 0.6) is 0 Å². The first-order valence-corrected chi connectivity index (χ1v) is 11.5. The molecule has 0 aliphatic carbocycles. The van der Waals surface area contributed by atoms with E-state index in [-0.39, 0.29) is 18.0 Å². The fourth-order valence-electron chi connectivity index (χ4n) is 4.61.